The Bertz CT molecular complexity index is 213. The van der Waals surface area contributed by atoms with E-state index in [4.69, 9.17) is 10.8 Å². The fourth-order valence-corrected chi connectivity index (χ4v) is 2.32. The predicted molar refractivity (Wildman–Crippen MR) is 46.0 cm³/mol. The van der Waals surface area contributed by atoms with Crippen molar-refractivity contribution in [2.45, 2.75) is 6.04 Å². The molecule has 0 aliphatic carbocycles. The monoisotopic (exact) mass is 221 g/mol. The summed E-state index contributed by atoms with van der Waals surface area (Å²) in [6.07, 6.45) is 0. The zero-order chi connectivity index (χ0) is 7.56. The van der Waals surface area contributed by atoms with Gasteiger partial charge in [-0.25, -0.2) is 0 Å². The number of hydrogen-bond acceptors (Lipinski definition) is 3. The molecule has 1 unspecified atom stereocenters. The molecule has 0 spiro atoms. The highest BCUT2D eigenvalue weighted by molar-refractivity contribution is 9.10. The first kappa shape index (κ1) is 8.20. The maximum absolute atomic E-state index is 8.69. The number of aliphatic hydroxyl groups excluding tert-OH is 1. The van der Waals surface area contributed by atoms with Crippen molar-refractivity contribution in [2.24, 2.45) is 5.73 Å². The maximum atomic E-state index is 8.69. The number of hydrogen-bond donors (Lipinski definition) is 2. The molecule has 0 saturated heterocycles. The Morgan fingerprint density at radius 1 is 1.80 bits per heavy atom. The zero-order valence-corrected chi connectivity index (χ0v) is 7.65. The molecule has 1 heterocycles. The summed E-state index contributed by atoms with van der Waals surface area (Å²) in [5, 5.41) is 10.6. The van der Waals surface area contributed by atoms with E-state index in [1.54, 1.807) is 11.3 Å². The van der Waals surface area contributed by atoms with Crippen molar-refractivity contribution in [3.8, 4) is 0 Å². The Morgan fingerprint density at radius 3 is 2.90 bits per heavy atom. The Labute approximate surface area is 71.8 Å². The van der Waals surface area contributed by atoms with Crippen LogP contribution in [-0.4, -0.2) is 11.7 Å². The lowest BCUT2D eigenvalue weighted by molar-refractivity contribution is 0.269. The van der Waals surface area contributed by atoms with Crippen LogP contribution in [0.25, 0.3) is 0 Å². The average molecular weight is 222 g/mol. The van der Waals surface area contributed by atoms with Crippen molar-refractivity contribution in [3.05, 3.63) is 20.8 Å². The van der Waals surface area contributed by atoms with Crippen LogP contribution in [0.3, 0.4) is 0 Å². The third-order valence-corrected chi connectivity index (χ3v) is 3.18. The molecule has 0 aliphatic rings. The number of thiophene rings is 1. The molecular formula is C6H8BrNOS. The highest BCUT2D eigenvalue weighted by Crippen LogP contribution is 2.27. The molecule has 0 amide bonds. The van der Waals surface area contributed by atoms with Crippen LogP contribution in [-0.2, 0) is 0 Å². The summed E-state index contributed by atoms with van der Waals surface area (Å²) in [5.74, 6) is 0. The molecular weight excluding hydrogens is 214 g/mol. The number of rotatable bonds is 2. The van der Waals surface area contributed by atoms with Crippen LogP contribution in [0.5, 0.6) is 0 Å². The molecule has 0 aromatic carbocycles. The summed E-state index contributed by atoms with van der Waals surface area (Å²) in [4.78, 5) is 1.00. The minimum atomic E-state index is -0.241. The van der Waals surface area contributed by atoms with Gasteiger partial charge in [-0.15, -0.1) is 11.3 Å². The van der Waals surface area contributed by atoms with Crippen LogP contribution in [0.1, 0.15) is 10.9 Å². The Morgan fingerprint density at radius 2 is 2.50 bits per heavy atom. The summed E-state index contributed by atoms with van der Waals surface area (Å²) in [6.45, 7) is -0.000880. The van der Waals surface area contributed by atoms with Gasteiger partial charge in [0.2, 0.25) is 0 Å². The SMILES string of the molecule is NC(CO)c1sccc1Br. The van der Waals surface area contributed by atoms with E-state index in [1.807, 2.05) is 11.4 Å². The van der Waals surface area contributed by atoms with Gasteiger partial charge in [0, 0.05) is 9.35 Å². The summed E-state index contributed by atoms with van der Waals surface area (Å²) in [7, 11) is 0. The molecule has 0 saturated carbocycles. The molecule has 4 heteroatoms. The fourth-order valence-electron chi connectivity index (χ4n) is 0.653. The first-order valence-corrected chi connectivity index (χ1v) is 4.52. The van der Waals surface area contributed by atoms with Gasteiger partial charge in [-0.2, -0.15) is 0 Å². The lowest BCUT2D eigenvalue weighted by Gasteiger charge is -2.04. The van der Waals surface area contributed by atoms with Crippen molar-refractivity contribution < 1.29 is 5.11 Å². The predicted octanol–water partition coefficient (Wildman–Crippen LogP) is 1.50. The first-order chi connectivity index (χ1) is 4.75. The first-order valence-electron chi connectivity index (χ1n) is 2.85. The lowest BCUT2D eigenvalue weighted by Crippen LogP contribution is -2.13. The van der Waals surface area contributed by atoms with E-state index in [2.05, 4.69) is 15.9 Å². The summed E-state index contributed by atoms with van der Waals surface area (Å²) < 4.78 is 0.985. The quantitative estimate of drug-likeness (QED) is 0.796. The van der Waals surface area contributed by atoms with Gasteiger partial charge in [0.15, 0.2) is 0 Å². The van der Waals surface area contributed by atoms with Crippen LogP contribution in [0.15, 0.2) is 15.9 Å². The smallest absolute Gasteiger partial charge is 0.0636 e. The topological polar surface area (TPSA) is 46.2 Å². The van der Waals surface area contributed by atoms with Crippen LogP contribution in [0.4, 0.5) is 0 Å². The number of aliphatic hydroxyl groups is 1. The molecule has 1 aromatic heterocycles. The third-order valence-electron chi connectivity index (χ3n) is 1.18. The number of nitrogens with two attached hydrogens (primary N) is 1. The van der Waals surface area contributed by atoms with Gasteiger partial charge in [-0.3, -0.25) is 0 Å². The second kappa shape index (κ2) is 3.48. The zero-order valence-electron chi connectivity index (χ0n) is 5.25. The summed E-state index contributed by atoms with van der Waals surface area (Å²) >= 11 is 4.88. The molecule has 1 rings (SSSR count). The second-order valence-corrected chi connectivity index (χ2v) is 3.72. The largest absolute Gasteiger partial charge is 0.394 e. The molecule has 0 aliphatic heterocycles. The van der Waals surface area contributed by atoms with Gasteiger partial charge in [-0.1, -0.05) is 0 Å². The van der Waals surface area contributed by atoms with Crippen LogP contribution < -0.4 is 5.73 Å². The van der Waals surface area contributed by atoms with Crippen molar-refractivity contribution >= 4 is 27.3 Å². The van der Waals surface area contributed by atoms with E-state index < -0.39 is 0 Å². The van der Waals surface area contributed by atoms with Gasteiger partial charge in [-0.05, 0) is 27.4 Å². The Kier molecular flexibility index (Phi) is 2.85. The summed E-state index contributed by atoms with van der Waals surface area (Å²) in [5.41, 5.74) is 5.57. The molecule has 0 radical (unpaired) electrons. The van der Waals surface area contributed by atoms with Crippen molar-refractivity contribution in [2.75, 3.05) is 6.61 Å². The van der Waals surface area contributed by atoms with Gasteiger partial charge in [0.1, 0.15) is 0 Å². The molecule has 56 valence electrons. The molecule has 1 atom stereocenters. The van der Waals surface area contributed by atoms with E-state index in [0.717, 1.165) is 9.35 Å². The number of halogens is 1. The van der Waals surface area contributed by atoms with E-state index in [1.165, 1.54) is 0 Å². The Balaban J connectivity index is 2.82. The van der Waals surface area contributed by atoms with E-state index in [-0.39, 0.29) is 12.6 Å². The van der Waals surface area contributed by atoms with Crippen LogP contribution in [0.2, 0.25) is 0 Å². The standard InChI is InChI=1S/C6H8BrNOS/c7-4-1-2-10-6(4)5(8)3-9/h1-2,5,9H,3,8H2. The molecule has 0 fully saturated rings. The van der Waals surface area contributed by atoms with E-state index in [9.17, 15) is 0 Å². The van der Waals surface area contributed by atoms with Crippen molar-refractivity contribution in [1.82, 2.24) is 0 Å². The minimum absolute atomic E-state index is 0.000880. The highest BCUT2D eigenvalue weighted by atomic mass is 79.9. The Hall–Kier alpha value is 0.100. The van der Waals surface area contributed by atoms with E-state index in [0.29, 0.717) is 0 Å². The van der Waals surface area contributed by atoms with Gasteiger partial charge in [0.25, 0.3) is 0 Å². The van der Waals surface area contributed by atoms with Crippen molar-refractivity contribution in [1.29, 1.82) is 0 Å². The van der Waals surface area contributed by atoms with Crippen LogP contribution >= 0.6 is 27.3 Å². The maximum Gasteiger partial charge on any atom is 0.0636 e. The molecule has 3 N–H and O–H groups in total. The fraction of sp³-hybridized carbons (Fsp3) is 0.333. The second-order valence-electron chi connectivity index (χ2n) is 1.92. The van der Waals surface area contributed by atoms with Crippen LogP contribution in [0, 0.1) is 0 Å². The average Bonchev–Trinajstić information content (AvgIpc) is 2.34. The summed E-state index contributed by atoms with van der Waals surface area (Å²) in [6, 6.07) is 1.68. The third kappa shape index (κ3) is 1.58. The highest BCUT2D eigenvalue weighted by Gasteiger charge is 2.08. The molecule has 1 aromatic rings. The molecule has 0 bridgehead atoms. The van der Waals surface area contributed by atoms with Gasteiger partial charge < -0.3 is 10.8 Å². The normalized spacial score (nSPS) is 13.5. The minimum Gasteiger partial charge on any atom is -0.394 e. The van der Waals surface area contributed by atoms with Gasteiger partial charge in [0.05, 0.1) is 12.6 Å². The molecule has 10 heavy (non-hydrogen) atoms. The van der Waals surface area contributed by atoms with Gasteiger partial charge >= 0.3 is 0 Å². The van der Waals surface area contributed by atoms with Crippen molar-refractivity contribution in [3.63, 3.8) is 0 Å². The van der Waals surface area contributed by atoms with E-state index >= 15 is 0 Å². The lowest BCUT2D eigenvalue weighted by atomic mass is 10.3. The molecule has 2 nitrogen and oxygen atoms in total.